The molecule has 6 nitrogen and oxygen atoms in total. The van der Waals surface area contributed by atoms with E-state index in [9.17, 15) is 4.79 Å². The van der Waals surface area contributed by atoms with Gasteiger partial charge in [-0.2, -0.15) is 10.2 Å². The third-order valence-corrected chi connectivity index (χ3v) is 4.53. The molecule has 1 aliphatic rings. The minimum atomic E-state index is -0.155. The molecule has 1 aliphatic heterocycles. The predicted molar refractivity (Wildman–Crippen MR) is 95.6 cm³/mol. The first kappa shape index (κ1) is 16.3. The fourth-order valence-corrected chi connectivity index (χ4v) is 3.20. The Balaban J connectivity index is 1.57. The van der Waals surface area contributed by atoms with Crippen LogP contribution in [0.5, 0.6) is 0 Å². The number of carbonyl (C=O) groups excluding carboxylic acids is 1. The molecule has 0 radical (unpaired) electrons. The number of carbonyl (C=O) groups is 1. The summed E-state index contributed by atoms with van der Waals surface area (Å²) < 4.78 is 5.34. The fraction of sp³-hybridized carbons (Fsp3) is 0.158. The van der Waals surface area contributed by atoms with Gasteiger partial charge in [0.05, 0.1) is 11.6 Å². The summed E-state index contributed by atoms with van der Waals surface area (Å²) in [6.45, 7) is 0.469. The van der Waals surface area contributed by atoms with Crippen LogP contribution in [0.2, 0.25) is 5.02 Å². The Labute approximate surface area is 154 Å². The first-order valence-corrected chi connectivity index (χ1v) is 8.42. The zero-order valence-electron chi connectivity index (χ0n) is 13.6. The molecule has 1 saturated heterocycles. The number of aromatic nitrogens is 2. The normalized spacial score (nSPS) is 16.7. The SMILES string of the molecule is N#Cc1cccc(-c2nc(C3CC(=O)N(c4cccc(Cl)c4)C3)no2)c1. The van der Waals surface area contributed by atoms with Crippen molar-refractivity contribution in [1.82, 2.24) is 10.1 Å². The lowest BCUT2D eigenvalue weighted by atomic mass is 10.1. The molecule has 26 heavy (non-hydrogen) atoms. The van der Waals surface area contributed by atoms with Crippen LogP contribution in [0.25, 0.3) is 11.5 Å². The van der Waals surface area contributed by atoms with E-state index in [1.807, 2.05) is 12.1 Å². The molecule has 2 aromatic carbocycles. The van der Waals surface area contributed by atoms with E-state index in [0.717, 1.165) is 5.69 Å². The van der Waals surface area contributed by atoms with Crippen LogP contribution in [0.1, 0.15) is 23.7 Å². The summed E-state index contributed by atoms with van der Waals surface area (Å²) in [5.41, 5.74) is 1.96. The lowest BCUT2D eigenvalue weighted by molar-refractivity contribution is -0.117. The average molecular weight is 365 g/mol. The number of benzene rings is 2. The highest BCUT2D eigenvalue weighted by Gasteiger charge is 2.34. The molecule has 2 heterocycles. The smallest absolute Gasteiger partial charge is 0.257 e. The van der Waals surface area contributed by atoms with E-state index in [0.29, 0.717) is 40.8 Å². The van der Waals surface area contributed by atoms with Crippen molar-refractivity contribution in [3.8, 4) is 17.5 Å². The second kappa shape index (κ2) is 6.62. The monoisotopic (exact) mass is 364 g/mol. The second-order valence-corrected chi connectivity index (χ2v) is 6.47. The summed E-state index contributed by atoms with van der Waals surface area (Å²) in [5, 5.41) is 13.6. The lowest BCUT2D eigenvalue weighted by Gasteiger charge is -2.16. The molecule has 0 bridgehead atoms. The quantitative estimate of drug-likeness (QED) is 0.706. The Bertz CT molecular complexity index is 1020. The van der Waals surface area contributed by atoms with Gasteiger partial charge >= 0.3 is 0 Å². The summed E-state index contributed by atoms with van der Waals surface area (Å²) >= 11 is 6.02. The van der Waals surface area contributed by atoms with Gasteiger partial charge in [0.25, 0.3) is 5.89 Å². The maximum atomic E-state index is 12.4. The van der Waals surface area contributed by atoms with Crippen LogP contribution >= 0.6 is 11.6 Å². The number of nitrogens with zero attached hydrogens (tertiary/aromatic N) is 4. The molecule has 0 aliphatic carbocycles. The molecule has 0 saturated carbocycles. The van der Waals surface area contributed by atoms with Crippen LogP contribution in [0.3, 0.4) is 0 Å². The first-order valence-electron chi connectivity index (χ1n) is 8.04. The minimum absolute atomic E-state index is 0.00454. The highest BCUT2D eigenvalue weighted by molar-refractivity contribution is 6.30. The number of anilines is 1. The Hall–Kier alpha value is -3.17. The third-order valence-electron chi connectivity index (χ3n) is 4.29. The van der Waals surface area contributed by atoms with Crippen molar-refractivity contribution in [2.24, 2.45) is 0 Å². The van der Waals surface area contributed by atoms with E-state index in [1.165, 1.54) is 0 Å². The van der Waals surface area contributed by atoms with Gasteiger partial charge in [-0.05, 0) is 36.4 Å². The highest BCUT2D eigenvalue weighted by atomic mass is 35.5. The van der Waals surface area contributed by atoms with Gasteiger partial charge in [-0.3, -0.25) is 4.79 Å². The summed E-state index contributed by atoms with van der Waals surface area (Å²) in [7, 11) is 0. The summed E-state index contributed by atoms with van der Waals surface area (Å²) in [4.78, 5) is 18.5. The molecule has 1 fully saturated rings. The minimum Gasteiger partial charge on any atom is -0.334 e. The van der Waals surface area contributed by atoms with E-state index in [4.69, 9.17) is 21.4 Å². The van der Waals surface area contributed by atoms with Gasteiger partial charge in [-0.1, -0.05) is 28.9 Å². The van der Waals surface area contributed by atoms with Gasteiger partial charge in [0.15, 0.2) is 5.82 Å². The van der Waals surface area contributed by atoms with E-state index < -0.39 is 0 Å². The van der Waals surface area contributed by atoms with Crippen LogP contribution < -0.4 is 4.90 Å². The molecular weight excluding hydrogens is 352 g/mol. The summed E-state index contributed by atoms with van der Waals surface area (Å²) in [6.07, 6.45) is 0.309. The van der Waals surface area contributed by atoms with Crippen molar-refractivity contribution in [2.45, 2.75) is 12.3 Å². The highest BCUT2D eigenvalue weighted by Crippen LogP contribution is 2.32. The number of hydrogen-bond acceptors (Lipinski definition) is 5. The van der Waals surface area contributed by atoms with Crippen molar-refractivity contribution in [3.05, 3.63) is 64.9 Å². The van der Waals surface area contributed by atoms with E-state index in [2.05, 4.69) is 16.2 Å². The van der Waals surface area contributed by atoms with Gasteiger partial charge in [0.1, 0.15) is 0 Å². The lowest BCUT2D eigenvalue weighted by Crippen LogP contribution is -2.24. The molecule has 1 aromatic heterocycles. The zero-order chi connectivity index (χ0) is 18.1. The van der Waals surface area contributed by atoms with Crippen LogP contribution in [-0.2, 0) is 4.79 Å². The molecule has 0 spiro atoms. The molecule has 3 aromatic rings. The number of nitriles is 1. The molecule has 7 heteroatoms. The Morgan fingerprint density at radius 3 is 2.88 bits per heavy atom. The van der Waals surface area contributed by atoms with E-state index >= 15 is 0 Å². The second-order valence-electron chi connectivity index (χ2n) is 6.04. The van der Waals surface area contributed by atoms with Gasteiger partial charge in [-0.25, -0.2) is 0 Å². The number of halogens is 1. The van der Waals surface area contributed by atoms with Gasteiger partial charge < -0.3 is 9.42 Å². The Morgan fingerprint density at radius 1 is 1.23 bits per heavy atom. The van der Waals surface area contributed by atoms with Crippen molar-refractivity contribution >= 4 is 23.2 Å². The fourth-order valence-electron chi connectivity index (χ4n) is 3.01. The topological polar surface area (TPSA) is 83.0 Å². The standard InChI is InChI=1S/C19H13ClN4O2/c20-15-5-2-6-16(9-15)24-11-14(8-17(24)25)18-22-19(26-23-18)13-4-1-3-12(7-13)10-21/h1-7,9,14H,8,11H2. The molecule has 1 atom stereocenters. The van der Waals surface area contributed by atoms with Gasteiger partial charge in [-0.15, -0.1) is 0 Å². The molecule has 128 valence electrons. The van der Waals surface area contributed by atoms with Crippen molar-refractivity contribution in [2.75, 3.05) is 11.4 Å². The number of amides is 1. The largest absolute Gasteiger partial charge is 0.334 e. The van der Waals surface area contributed by atoms with Crippen LogP contribution in [0.4, 0.5) is 5.69 Å². The number of rotatable bonds is 3. The maximum absolute atomic E-state index is 12.4. The van der Waals surface area contributed by atoms with E-state index in [1.54, 1.807) is 41.3 Å². The first-order chi connectivity index (χ1) is 12.6. The molecule has 0 N–H and O–H groups in total. The van der Waals surface area contributed by atoms with E-state index in [-0.39, 0.29) is 11.8 Å². The summed E-state index contributed by atoms with van der Waals surface area (Å²) in [6, 6.07) is 16.2. The zero-order valence-corrected chi connectivity index (χ0v) is 14.3. The van der Waals surface area contributed by atoms with Gasteiger partial charge in [0, 0.05) is 35.2 Å². The van der Waals surface area contributed by atoms with Crippen LogP contribution in [-0.4, -0.2) is 22.6 Å². The van der Waals surface area contributed by atoms with Gasteiger partial charge in [0.2, 0.25) is 5.91 Å². The van der Waals surface area contributed by atoms with Crippen LogP contribution in [0, 0.1) is 11.3 Å². The molecular formula is C19H13ClN4O2. The molecule has 1 amide bonds. The predicted octanol–water partition coefficient (Wildman–Crippen LogP) is 3.78. The average Bonchev–Trinajstić information content (AvgIpc) is 3.28. The maximum Gasteiger partial charge on any atom is 0.257 e. The van der Waals surface area contributed by atoms with Crippen LogP contribution in [0.15, 0.2) is 53.1 Å². The van der Waals surface area contributed by atoms with Crippen molar-refractivity contribution < 1.29 is 9.32 Å². The molecule has 1 unspecified atom stereocenters. The third kappa shape index (κ3) is 3.05. The van der Waals surface area contributed by atoms with Crippen molar-refractivity contribution in [3.63, 3.8) is 0 Å². The van der Waals surface area contributed by atoms with Crippen molar-refractivity contribution in [1.29, 1.82) is 5.26 Å². The summed E-state index contributed by atoms with van der Waals surface area (Å²) in [5.74, 6) is 0.666. The molecule has 4 rings (SSSR count). The Morgan fingerprint density at radius 2 is 2.08 bits per heavy atom. The number of hydrogen-bond donors (Lipinski definition) is 0. The Kier molecular flexibility index (Phi) is 4.15.